The van der Waals surface area contributed by atoms with E-state index in [9.17, 15) is 0 Å². The Kier molecular flexibility index (Phi) is 6.22. The molecule has 0 aromatic rings. The molecule has 0 bridgehead atoms. The third-order valence-electron chi connectivity index (χ3n) is 3.22. The first-order valence-electron chi connectivity index (χ1n) is 6.20. The molecule has 2 heterocycles. The first-order valence-corrected chi connectivity index (χ1v) is 6.20. The molecule has 0 aromatic heterocycles. The molecular formula is C12H26N2O. The van der Waals surface area contributed by atoms with Gasteiger partial charge in [-0.3, -0.25) is 0 Å². The Labute approximate surface area is 94.1 Å². The molecule has 3 N–H and O–H groups in total. The molecule has 2 saturated heterocycles. The number of likely N-dealkylation sites (tertiary alicyclic amines) is 2. The number of piperidine rings is 2. The maximum atomic E-state index is 8.99. The number of nitrogens with one attached hydrogen (secondary N) is 2. The van der Waals surface area contributed by atoms with Crippen molar-refractivity contribution in [2.45, 2.75) is 38.2 Å². The molecule has 0 saturated carbocycles. The van der Waals surface area contributed by atoms with Crippen LogP contribution in [-0.2, 0) is 0 Å². The van der Waals surface area contributed by atoms with Crippen molar-refractivity contribution in [3.05, 3.63) is 14.1 Å². The largest absolute Gasteiger partial charge is 0.468 e. The summed E-state index contributed by atoms with van der Waals surface area (Å²) in [5, 5.41) is 8.99. The Hall–Kier alpha value is -0.120. The van der Waals surface area contributed by atoms with Crippen LogP contribution in [0.15, 0.2) is 0 Å². The van der Waals surface area contributed by atoms with E-state index in [1.807, 2.05) is 0 Å². The van der Waals surface area contributed by atoms with Gasteiger partial charge in [-0.2, -0.15) is 14.1 Å². The molecule has 0 atom stereocenters. The van der Waals surface area contributed by atoms with Crippen molar-refractivity contribution in [1.29, 1.82) is 0 Å². The summed E-state index contributed by atoms with van der Waals surface area (Å²) in [6.07, 6.45) is 6.02. The molecule has 2 aliphatic rings. The standard InChI is InChI=1S/C6H13NO.C6H13N/c1-7-4-2-6(8)3-5-7;1-7-5-3-2-4-6-7/h6-8H,1-5H2;7H,1-6H2. The van der Waals surface area contributed by atoms with Gasteiger partial charge < -0.3 is 14.9 Å². The van der Waals surface area contributed by atoms with Gasteiger partial charge in [-0.05, 0) is 19.3 Å². The van der Waals surface area contributed by atoms with Gasteiger partial charge in [0.05, 0.1) is 32.3 Å². The topological polar surface area (TPSA) is 29.1 Å². The van der Waals surface area contributed by atoms with Crippen molar-refractivity contribution in [2.24, 2.45) is 0 Å². The van der Waals surface area contributed by atoms with Crippen LogP contribution in [0.5, 0.6) is 0 Å². The molecule has 0 unspecified atom stereocenters. The Morgan fingerprint density at radius 2 is 1.27 bits per heavy atom. The van der Waals surface area contributed by atoms with Crippen LogP contribution in [0.3, 0.4) is 0 Å². The number of quaternary nitrogens is 2. The molecule has 2 fully saturated rings. The van der Waals surface area contributed by atoms with Crippen LogP contribution in [0.25, 0.3) is 0 Å². The van der Waals surface area contributed by atoms with Gasteiger partial charge in [0.2, 0.25) is 0 Å². The second kappa shape index (κ2) is 7.20. The zero-order valence-electron chi connectivity index (χ0n) is 9.80. The molecule has 3 nitrogen and oxygen atoms in total. The van der Waals surface area contributed by atoms with E-state index in [-0.39, 0.29) is 6.10 Å². The van der Waals surface area contributed by atoms with E-state index in [0.29, 0.717) is 0 Å². The SMILES string of the molecule is [CH2-][NH+]1CCC(O)CC1.[CH2-][NH+]1CCCCC1. The third-order valence-corrected chi connectivity index (χ3v) is 3.22. The molecule has 2 rings (SSSR count). The molecule has 0 amide bonds. The van der Waals surface area contributed by atoms with E-state index in [4.69, 9.17) is 5.11 Å². The zero-order valence-corrected chi connectivity index (χ0v) is 9.80. The minimum absolute atomic E-state index is 0.0412. The molecule has 2 aliphatic heterocycles. The van der Waals surface area contributed by atoms with Crippen molar-refractivity contribution in [1.82, 2.24) is 0 Å². The first kappa shape index (κ1) is 12.9. The highest BCUT2D eigenvalue weighted by Gasteiger charge is 2.12. The van der Waals surface area contributed by atoms with Crippen molar-refractivity contribution < 1.29 is 14.9 Å². The molecule has 15 heavy (non-hydrogen) atoms. The Balaban J connectivity index is 0.000000151. The summed E-state index contributed by atoms with van der Waals surface area (Å²) in [5.74, 6) is 0. The normalized spacial score (nSPS) is 33.0. The summed E-state index contributed by atoms with van der Waals surface area (Å²) in [7, 11) is 7.75. The van der Waals surface area contributed by atoms with E-state index < -0.39 is 0 Å². The third kappa shape index (κ3) is 6.13. The van der Waals surface area contributed by atoms with Crippen LogP contribution in [0.4, 0.5) is 0 Å². The van der Waals surface area contributed by atoms with Crippen LogP contribution >= 0.6 is 0 Å². The predicted octanol–water partition coefficient (Wildman–Crippen LogP) is -1.34. The van der Waals surface area contributed by atoms with E-state index in [1.54, 1.807) is 0 Å². The van der Waals surface area contributed by atoms with E-state index in [0.717, 1.165) is 25.9 Å². The van der Waals surface area contributed by atoms with Crippen molar-refractivity contribution in [3.8, 4) is 0 Å². The maximum absolute atomic E-state index is 8.99. The molecular weight excluding hydrogens is 188 g/mol. The highest BCUT2D eigenvalue weighted by Crippen LogP contribution is 1.96. The summed E-state index contributed by atoms with van der Waals surface area (Å²) in [4.78, 5) is 2.77. The fourth-order valence-corrected chi connectivity index (χ4v) is 2.06. The fraction of sp³-hybridized carbons (Fsp3) is 0.833. The minimum Gasteiger partial charge on any atom is -0.468 e. The summed E-state index contributed by atoms with van der Waals surface area (Å²) < 4.78 is 0. The molecule has 0 aliphatic carbocycles. The van der Waals surface area contributed by atoms with Gasteiger partial charge in [-0.1, -0.05) is 0 Å². The van der Waals surface area contributed by atoms with Crippen molar-refractivity contribution in [2.75, 3.05) is 26.2 Å². The van der Waals surface area contributed by atoms with Crippen LogP contribution < -0.4 is 9.80 Å². The summed E-state index contributed by atoms with van der Waals surface area (Å²) in [6, 6.07) is 0. The second-order valence-corrected chi connectivity index (χ2v) is 4.79. The van der Waals surface area contributed by atoms with Gasteiger partial charge >= 0.3 is 0 Å². The number of aliphatic hydroxyl groups is 1. The number of hydrogen-bond donors (Lipinski definition) is 3. The van der Waals surface area contributed by atoms with Crippen LogP contribution in [0.2, 0.25) is 0 Å². The highest BCUT2D eigenvalue weighted by atomic mass is 16.3. The lowest BCUT2D eigenvalue weighted by Gasteiger charge is -2.28. The van der Waals surface area contributed by atoms with Crippen LogP contribution in [0.1, 0.15) is 32.1 Å². The smallest absolute Gasteiger partial charge is 0.0645 e. The predicted molar refractivity (Wildman–Crippen MR) is 61.2 cm³/mol. The molecule has 0 radical (unpaired) electrons. The van der Waals surface area contributed by atoms with Gasteiger partial charge in [0.25, 0.3) is 0 Å². The fourth-order valence-electron chi connectivity index (χ4n) is 2.06. The lowest BCUT2D eigenvalue weighted by atomic mass is 10.1. The van der Waals surface area contributed by atoms with Gasteiger partial charge in [0.15, 0.2) is 0 Å². The van der Waals surface area contributed by atoms with Crippen LogP contribution in [0, 0.1) is 14.1 Å². The Morgan fingerprint density at radius 1 is 0.800 bits per heavy atom. The summed E-state index contributed by atoms with van der Waals surface area (Å²) in [6.45, 7) is 4.64. The van der Waals surface area contributed by atoms with Crippen molar-refractivity contribution in [3.63, 3.8) is 0 Å². The van der Waals surface area contributed by atoms with Gasteiger partial charge in [0, 0.05) is 12.8 Å². The quantitative estimate of drug-likeness (QED) is 0.428. The number of aliphatic hydroxyl groups excluding tert-OH is 1. The maximum Gasteiger partial charge on any atom is 0.0645 e. The van der Waals surface area contributed by atoms with Gasteiger partial charge in [-0.25, -0.2) is 0 Å². The summed E-state index contributed by atoms with van der Waals surface area (Å²) >= 11 is 0. The average Bonchev–Trinajstić information content (AvgIpc) is 2.25. The average molecular weight is 214 g/mol. The second-order valence-electron chi connectivity index (χ2n) is 4.79. The van der Waals surface area contributed by atoms with Crippen molar-refractivity contribution >= 4 is 0 Å². The monoisotopic (exact) mass is 214 g/mol. The van der Waals surface area contributed by atoms with Gasteiger partial charge in [-0.15, -0.1) is 0 Å². The minimum atomic E-state index is -0.0412. The molecule has 0 aromatic carbocycles. The highest BCUT2D eigenvalue weighted by molar-refractivity contribution is 4.57. The van der Waals surface area contributed by atoms with Crippen LogP contribution in [-0.4, -0.2) is 37.4 Å². The van der Waals surface area contributed by atoms with E-state index >= 15 is 0 Å². The lowest BCUT2D eigenvalue weighted by Crippen LogP contribution is -3.08. The molecule has 90 valence electrons. The van der Waals surface area contributed by atoms with E-state index in [2.05, 4.69) is 14.1 Å². The van der Waals surface area contributed by atoms with Gasteiger partial charge in [0.1, 0.15) is 0 Å². The number of rotatable bonds is 0. The summed E-state index contributed by atoms with van der Waals surface area (Å²) in [5.41, 5.74) is 0. The number of hydrogen-bond acceptors (Lipinski definition) is 1. The lowest BCUT2D eigenvalue weighted by molar-refractivity contribution is -0.860. The first-order chi connectivity index (χ1) is 7.18. The zero-order chi connectivity index (χ0) is 11.1. The molecule has 3 heteroatoms. The Bertz CT molecular complexity index is 140. The molecule has 0 spiro atoms. The van der Waals surface area contributed by atoms with E-state index in [1.165, 1.54) is 42.2 Å². The Morgan fingerprint density at radius 3 is 1.60 bits per heavy atom.